The van der Waals surface area contributed by atoms with Gasteiger partial charge in [-0.25, -0.2) is 0 Å². The third kappa shape index (κ3) is 0.940. The first kappa shape index (κ1) is 7.56. The number of aliphatic hydroxyl groups excluding tert-OH is 1. The molecule has 0 amide bonds. The molecule has 0 saturated carbocycles. The van der Waals surface area contributed by atoms with Crippen LogP contribution in [0.4, 0.5) is 5.69 Å². The number of nitrogens with zero attached hydrogens (tertiary/aromatic N) is 1. The van der Waals surface area contributed by atoms with Gasteiger partial charge in [-0.05, 0) is 18.2 Å². The number of hydrogen-bond acceptors (Lipinski definition) is 2. The fourth-order valence-corrected chi connectivity index (χ4v) is 1.88. The van der Waals surface area contributed by atoms with Crippen molar-refractivity contribution in [2.45, 2.75) is 6.42 Å². The van der Waals surface area contributed by atoms with Gasteiger partial charge in [0.05, 0.1) is 11.4 Å². The minimum absolute atomic E-state index is 0.343. The van der Waals surface area contributed by atoms with E-state index in [0.29, 0.717) is 5.76 Å². The van der Waals surface area contributed by atoms with Gasteiger partial charge in [-0.3, -0.25) is 4.99 Å². The zero-order valence-corrected chi connectivity index (χ0v) is 7.57. The third-order valence-corrected chi connectivity index (χ3v) is 2.56. The summed E-state index contributed by atoms with van der Waals surface area (Å²) in [5.74, 6) is 0.343. The number of hydrogen-bond donors (Lipinski definition) is 1. The lowest BCUT2D eigenvalue weighted by atomic mass is 9.97. The summed E-state index contributed by atoms with van der Waals surface area (Å²) in [7, 11) is 0. The summed E-state index contributed by atoms with van der Waals surface area (Å²) in [6.45, 7) is 0. The number of para-hydroxylation sites is 1. The topological polar surface area (TPSA) is 32.6 Å². The van der Waals surface area contributed by atoms with Crippen LogP contribution in [0.25, 0.3) is 5.57 Å². The molecule has 0 fully saturated rings. The van der Waals surface area contributed by atoms with E-state index in [-0.39, 0.29) is 0 Å². The van der Waals surface area contributed by atoms with Crippen LogP contribution < -0.4 is 0 Å². The largest absolute Gasteiger partial charge is 0.508 e. The summed E-state index contributed by atoms with van der Waals surface area (Å²) in [5, 5.41) is 9.41. The molecule has 68 valence electrons. The van der Waals surface area contributed by atoms with Crippen LogP contribution in [-0.2, 0) is 0 Å². The molecule has 0 saturated heterocycles. The molecule has 3 rings (SSSR count). The fourth-order valence-electron chi connectivity index (χ4n) is 1.88. The molecular weight excluding hydrogens is 174 g/mol. The van der Waals surface area contributed by atoms with Gasteiger partial charge in [0.25, 0.3) is 0 Å². The van der Waals surface area contributed by atoms with Gasteiger partial charge in [0.1, 0.15) is 5.76 Å². The van der Waals surface area contributed by atoms with Gasteiger partial charge < -0.3 is 5.11 Å². The number of allylic oxidation sites excluding steroid dienone is 3. The standard InChI is InChI=1S/C12H9NO/c14-8-5-6-12-10(7-8)9-3-1-2-4-11(9)13-12/h1-5,7,14H,6H2. The van der Waals surface area contributed by atoms with E-state index in [1.807, 2.05) is 24.3 Å². The molecule has 1 heterocycles. The number of rotatable bonds is 0. The van der Waals surface area contributed by atoms with Crippen molar-refractivity contribution in [1.82, 2.24) is 0 Å². The van der Waals surface area contributed by atoms with Crippen LogP contribution in [-0.4, -0.2) is 10.8 Å². The molecule has 1 aromatic carbocycles. The summed E-state index contributed by atoms with van der Waals surface area (Å²) in [4.78, 5) is 4.50. The van der Waals surface area contributed by atoms with Crippen molar-refractivity contribution >= 4 is 17.0 Å². The van der Waals surface area contributed by atoms with Crippen LogP contribution in [0, 0.1) is 0 Å². The maximum absolute atomic E-state index is 9.41. The van der Waals surface area contributed by atoms with Crippen molar-refractivity contribution in [2.75, 3.05) is 0 Å². The molecule has 2 heteroatoms. The Kier molecular flexibility index (Phi) is 1.39. The molecule has 2 aliphatic rings. The number of benzene rings is 1. The molecule has 1 N–H and O–H groups in total. The quantitative estimate of drug-likeness (QED) is 0.658. The van der Waals surface area contributed by atoms with Crippen LogP contribution >= 0.6 is 0 Å². The van der Waals surface area contributed by atoms with Gasteiger partial charge in [-0.2, -0.15) is 0 Å². The smallest absolute Gasteiger partial charge is 0.112 e. The van der Waals surface area contributed by atoms with Gasteiger partial charge in [-0.15, -0.1) is 0 Å². The van der Waals surface area contributed by atoms with Crippen LogP contribution in [0.3, 0.4) is 0 Å². The molecule has 1 aromatic rings. The van der Waals surface area contributed by atoms with Gasteiger partial charge in [0.15, 0.2) is 0 Å². The number of aliphatic imine (C=N–C) groups is 1. The van der Waals surface area contributed by atoms with Crippen molar-refractivity contribution in [3.8, 4) is 0 Å². The van der Waals surface area contributed by atoms with Gasteiger partial charge in [0.2, 0.25) is 0 Å². The Morgan fingerprint density at radius 1 is 1.21 bits per heavy atom. The minimum Gasteiger partial charge on any atom is -0.508 e. The highest BCUT2D eigenvalue weighted by Crippen LogP contribution is 2.37. The predicted molar refractivity (Wildman–Crippen MR) is 56.8 cm³/mol. The second kappa shape index (κ2) is 2.58. The summed E-state index contributed by atoms with van der Waals surface area (Å²) in [5.41, 5.74) is 4.27. The summed E-state index contributed by atoms with van der Waals surface area (Å²) in [6.07, 6.45) is 4.30. The Hall–Kier alpha value is -1.83. The Morgan fingerprint density at radius 3 is 3.00 bits per heavy atom. The van der Waals surface area contributed by atoms with E-state index in [2.05, 4.69) is 4.99 Å². The highest BCUT2D eigenvalue weighted by atomic mass is 16.3. The maximum Gasteiger partial charge on any atom is 0.112 e. The monoisotopic (exact) mass is 183 g/mol. The lowest BCUT2D eigenvalue weighted by Gasteiger charge is -2.07. The second-order valence-corrected chi connectivity index (χ2v) is 3.47. The molecule has 14 heavy (non-hydrogen) atoms. The Balaban J connectivity index is 2.23. The highest BCUT2D eigenvalue weighted by Gasteiger charge is 2.21. The average molecular weight is 183 g/mol. The normalized spacial score (nSPS) is 17.9. The van der Waals surface area contributed by atoms with Gasteiger partial charge in [-0.1, -0.05) is 18.2 Å². The highest BCUT2D eigenvalue weighted by molar-refractivity contribution is 6.30. The van der Waals surface area contributed by atoms with Crippen molar-refractivity contribution in [3.63, 3.8) is 0 Å². The van der Waals surface area contributed by atoms with Crippen LogP contribution in [0.15, 0.2) is 47.2 Å². The van der Waals surface area contributed by atoms with Crippen molar-refractivity contribution < 1.29 is 5.11 Å². The van der Waals surface area contributed by atoms with E-state index >= 15 is 0 Å². The lowest BCUT2D eigenvalue weighted by Crippen LogP contribution is -2.01. The third-order valence-electron chi connectivity index (χ3n) is 2.56. The second-order valence-electron chi connectivity index (χ2n) is 3.47. The van der Waals surface area contributed by atoms with Crippen molar-refractivity contribution in [1.29, 1.82) is 0 Å². The first-order chi connectivity index (χ1) is 6.84. The van der Waals surface area contributed by atoms with E-state index in [1.165, 1.54) is 0 Å². The Morgan fingerprint density at radius 2 is 2.07 bits per heavy atom. The Bertz CT molecular complexity index is 495. The van der Waals surface area contributed by atoms with E-state index in [0.717, 1.165) is 29.0 Å². The van der Waals surface area contributed by atoms with Crippen molar-refractivity contribution in [3.05, 3.63) is 47.7 Å². The molecule has 2 nitrogen and oxygen atoms in total. The van der Waals surface area contributed by atoms with Crippen LogP contribution in [0.1, 0.15) is 12.0 Å². The average Bonchev–Trinajstić information content (AvgIpc) is 2.56. The van der Waals surface area contributed by atoms with Gasteiger partial charge in [0, 0.05) is 17.6 Å². The number of fused-ring (bicyclic) bond motifs is 3. The molecule has 0 unspecified atom stereocenters. The van der Waals surface area contributed by atoms with E-state index < -0.39 is 0 Å². The van der Waals surface area contributed by atoms with Crippen molar-refractivity contribution in [2.24, 2.45) is 4.99 Å². The minimum atomic E-state index is 0.343. The maximum atomic E-state index is 9.41. The first-order valence-corrected chi connectivity index (χ1v) is 4.63. The van der Waals surface area contributed by atoms with E-state index in [4.69, 9.17) is 0 Å². The zero-order chi connectivity index (χ0) is 9.54. The number of aliphatic hydroxyl groups is 1. The molecule has 1 aliphatic carbocycles. The molecular formula is C12H9NO. The van der Waals surface area contributed by atoms with E-state index in [1.54, 1.807) is 12.2 Å². The SMILES string of the molecule is OC1=CCC2=Nc3ccccc3C2=C1. The van der Waals surface area contributed by atoms with Gasteiger partial charge >= 0.3 is 0 Å². The van der Waals surface area contributed by atoms with Crippen LogP contribution in [0.5, 0.6) is 0 Å². The summed E-state index contributed by atoms with van der Waals surface area (Å²) >= 11 is 0. The lowest BCUT2D eigenvalue weighted by molar-refractivity contribution is 0.430. The molecule has 0 radical (unpaired) electrons. The molecule has 0 spiro atoms. The molecule has 0 aromatic heterocycles. The Labute approximate surface area is 81.9 Å². The zero-order valence-electron chi connectivity index (χ0n) is 7.57. The van der Waals surface area contributed by atoms with Crippen LogP contribution in [0.2, 0.25) is 0 Å². The summed E-state index contributed by atoms with van der Waals surface area (Å²) < 4.78 is 0. The molecule has 0 atom stereocenters. The van der Waals surface area contributed by atoms with E-state index in [9.17, 15) is 5.11 Å². The predicted octanol–water partition coefficient (Wildman–Crippen LogP) is 3.00. The summed E-state index contributed by atoms with van der Waals surface area (Å²) in [6, 6.07) is 8.01. The fraction of sp³-hybridized carbons (Fsp3) is 0.0833. The molecule has 0 bridgehead atoms. The molecule has 1 aliphatic heterocycles. The first-order valence-electron chi connectivity index (χ1n) is 4.63.